The summed E-state index contributed by atoms with van der Waals surface area (Å²) in [6.07, 6.45) is 0. The number of carbonyl (C=O) groups is 1. The molecule has 0 atom stereocenters. The molecular formula is C15H17N5O2. The van der Waals surface area contributed by atoms with E-state index in [4.69, 9.17) is 4.52 Å². The molecule has 7 nitrogen and oxygen atoms in total. The molecule has 0 saturated carbocycles. The lowest BCUT2D eigenvalue weighted by Crippen LogP contribution is -2.14. The molecular weight excluding hydrogens is 282 g/mol. The Bertz CT molecular complexity index is 862. The van der Waals surface area contributed by atoms with Crippen molar-refractivity contribution in [2.24, 2.45) is 0 Å². The highest BCUT2D eigenvalue weighted by atomic mass is 16.5. The van der Waals surface area contributed by atoms with E-state index in [-0.39, 0.29) is 5.91 Å². The highest BCUT2D eigenvalue weighted by molar-refractivity contribution is 6.12. The van der Waals surface area contributed by atoms with Gasteiger partial charge in [0.15, 0.2) is 5.82 Å². The highest BCUT2D eigenvalue weighted by Crippen LogP contribution is 2.22. The summed E-state index contributed by atoms with van der Waals surface area (Å²) in [6, 6.07) is 3.57. The normalized spacial score (nSPS) is 11.1. The van der Waals surface area contributed by atoms with Gasteiger partial charge in [0.25, 0.3) is 11.6 Å². The average molecular weight is 299 g/mol. The number of aromatic nitrogens is 4. The van der Waals surface area contributed by atoms with Crippen molar-refractivity contribution in [2.75, 3.05) is 5.32 Å². The molecule has 0 unspecified atom stereocenters. The molecule has 0 aliphatic carbocycles. The molecule has 114 valence electrons. The Balaban J connectivity index is 1.99. The van der Waals surface area contributed by atoms with E-state index in [1.807, 2.05) is 31.5 Å². The number of nitrogens with one attached hydrogen (secondary N) is 1. The van der Waals surface area contributed by atoms with E-state index in [1.165, 1.54) is 0 Å². The van der Waals surface area contributed by atoms with E-state index < -0.39 is 0 Å². The van der Waals surface area contributed by atoms with Crippen LogP contribution in [0, 0.1) is 20.8 Å². The number of pyridine rings is 1. The first-order valence-electron chi connectivity index (χ1n) is 7.09. The third-order valence-electron chi connectivity index (χ3n) is 3.51. The number of hydrogen-bond acceptors (Lipinski definition) is 5. The zero-order valence-corrected chi connectivity index (χ0v) is 13.0. The third-order valence-corrected chi connectivity index (χ3v) is 3.51. The lowest BCUT2D eigenvalue weighted by Gasteiger charge is -2.04. The van der Waals surface area contributed by atoms with E-state index in [9.17, 15) is 4.79 Å². The first-order valence-corrected chi connectivity index (χ1v) is 7.09. The molecule has 0 aromatic carbocycles. The average Bonchev–Trinajstić information content (AvgIpc) is 3.01. The van der Waals surface area contributed by atoms with Crippen LogP contribution in [-0.2, 0) is 6.54 Å². The molecule has 3 aromatic rings. The lowest BCUT2D eigenvalue weighted by atomic mass is 10.1. The fourth-order valence-electron chi connectivity index (χ4n) is 2.47. The number of aryl methyl sites for hydroxylation is 4. The molecule has 0 spiro atoms. The molecule has 0 fully saturated rings. The molecule has 0 radical (unpaired) electrons. The van der Waals surface area contributed by atoms with E-state index in [0.717, 1.165) is 12.2 Å². The van der Waals surface area contributed by atoms with Gasteiger partial charge in [0.1, 0.15) is 0 Å². The largest absolute Gasteiger partial charge is 0.336 e. The molecule has 1 N–H and O–H groups in total. The fraction of sp³-hybridized carbons (Fsp3) is 0.333. The van der Waals surface area contributed by atoms with Gasteiger partial charge >= 0.3 is 0 Å². The summed E-state index contributed by atoms with van der Waals surface area (Å²) in [7, 11) is 0. The smallest absolute Gasteiger partial charge is 0.258 e. The minimum Gasteiger partial charge on any atom is -0.336 e. The van der Waals surface area contributed by atoms with Crippen molar-refractivity contribution < 1.29 is 9.32 Å². The number of rotatable bonds is 3. The van der Waals surface area contributed by atoms with Gasteiger partial charge in [0.2, 0.25) is 0 Å². The second kappa shape index (κ2) is 5.25. The number of nitrogens with zero attached hydrogens (tertiary/aromatic N) is 4. The van der Waals surface area contributed by atoms with Crippen molar-refractivity contribution in [2.45, 2.75) is 34.2 Å². The van der Waals surface area contributed by atoms with Crippen molar-refractivity contribution in [3.8, 4) is 0 Å². The van der Waals surface area contributed by atoms with Crippen LogP contribution in [0.5, 0.6) is 0 Å². The zero-order valence-electron chi connectivity index (χ0n) is 13.0. The summed E-state index contributed by atoms with van der Waals surface area (Å²) in [5.41, 5.74) is 3.20. The monoisotopic (exact) mass is 299 g/mol. The Morgan fingerprint density at radius 1 is 1.32 bits per heavy atom. The number of carbonyl (C=O) groups excluding carboxylic acids is 1. The van der Waals surface area contributed by atoms with Gasteiger partial charge in [0.05, 0.1) is 16.6 Å². The Kier molecular flexibility index (Phi) is 3.40. The predicted molar refractivity (Wildman–Crippen MR) is 81.9 cm³/mol. The minimum atomic E-state index is -0.248. The molecule has 7 heteroatoms. The summed E-state index contributed by atoms with van der Waals surface area (Å²) < 4.78 is 6.98. The number of fused-ring (bicyclic) bond motifs is 1. The molecule has 0 bridgehead atoms. The van der Waals surface area contributed by atoms with Crippen molar-refractivity contribution in [3.05, 3.63) is 34.8 Å². The first kappa shape index (κ1) is 14.2. The van der Waals surface area contributed by atoms with E-state index in [0.29, 0.717) is 33.9 Å². The zero-order chi connectivity index (χ0) is 15.9. The number of anilines is 1. The number of amides is 1. The second-order valence-electron chi connectivity index (χ2n) is 5.20. The van der Waals surface area contributed by atoms with Crippen LogP contribution in [0.4, 0.5) is 5.82 Å². The molecule has 22 heavy (non-hydrogen) atoms. The predicted octanol–water partition coefficient (Wildman–Crippen LogP) is 2.62. The van der Waals surface area contributed by atoms with Gasteiger partial charge in [-0.25, -0.2) is 4.98 Å². The maximum atomic E-state index is 12.6. The first-order chi connectivity index (χ1) is 10.5. The van der Waals surface area contributed by atoms with E-state index in [2.05, 4.69) is 20.6 Å². The fourth-order valence-corrected chi connectivity index (χ4v) is 2.47. The maximum absolute atomic E-state index is 12.6. The Hall–Kier alpha value is -2.70. The second-order valence-corrected chi connectivity index (χ2v) is 5.20. The van der Waals surface area contributed by atoms with Crippen molar-refractivity contribution in [3.63, 3.8) is 0 Å². The summed E-state index contributed by atoms with van der Waals surface area (Å²) in [4.78, 5) is 16.8. The Morgan fingerprint density at radius 3 is 2.77 bits per heavy atom. The van der Waals surface area contributed by atoms with Gasteiger partial charge in [-0.15, -0.1) is 0 Å². The Morgan fingerprint density at radius 2 is 2.09 bits per heavy atom. The number of hydrogen-bond donors (Lipinski definition) is 1. The van der Waals surface area contributed by atoms with Crippen LogP contribution >= 0.6 is 0 Å². The van der Waals surface area contributed by atoms with Crippen LogP contribution in [0.25, 0.3) is 11.1 Å². The SMILES string of the molecule is CCn1nc(NC(=O)c2cc(C)nc3onc(C)c23)cc1C. The summed E-state index contributed by atoms with van der Waals surface area (Å²) in [6.45, 7) is 8.30. The van der Waals surface area contributed by atoms with Gasteiger partial charge in [-0.3, -0.25) is 9.48 Å². The molecule has 1 amide bonds. The quantitative estimate of drug-likeness (QED) is 0.803. The molecule has 0 aliphatic rings. The van der Waals surface area contributed by atoms with Gasteiger partial charge < -0.3 is 9.84 Å². The summed E-state index contributed by atoms with van der Waals surface area (Å²) >= 11 is 0. The Labute approximate surface area is 127 Å². The van der Waals surface area contributed by atoms with Crippen molar-refractivity contribution in [1.29, 1.82) is 0 Å². The van der Waals surface area contributed by atoms with Gasteiger partial charge in [-0.05, 0) is 33.8 Å². The lowest BCUT2D eigenvalue weighted by molar-refractivity contribution is 0.102. The third kappa shape index (κ3) is 2.34. The maximum Gasteiger partial charge on any atom is 0.258 e. The highest BCUT2D eigenvalue weighted by Gasteiger charge is 2.18. The molecule has 3 aromatic heterocycles. The molecule has 0 saturated heterocycles. The van der Waals surface area contributed by atoms with Crippen molar-refractivity contribution >= 4 is 22.8 Å². The molecule has 3 heterocycles. The topological polar surface area (TPSA) is 85.8 Å². The van der Waals surface area contributed by atoms with Crippen LogP contribution in [0.15, 0.2) is 16.7 Å². The van der Waals surface area contributed by atoms with Crippen molar-refractivity contribution in [1.82, 2.24) is 19.9 Å². The molecule has 3 rings (SSSR count). The van der Waals surface area contributed by atoms with Crippen LogP contribution in [0.1, 0.15) is 34.4 Å². The van der Waals surface area contributed by atoms with Gasteiger partial charge in [0, 0.05) is 24.0 Å². The van der Waals surface area contributed by atoms with Gasteiger partial charge in [-0.1, -0.05) is 5.16 Å². The van der Waals surface area contributed by atoms with Gasteiger partial charge in [-0.2, -0.15) is 5.10 Å². The van der Waals surface area contributed by atoms with Crippen LogP contribution in [-0.4, -0.2) is 25.8 Å². The standard InChI is InChI=1S/C15H17N5O2/c1-5-20-9(3)7-12(18-20)17-14(21)11-6-8(2)16-15-13(11)10(4)19-22-15/h6-7H,5H2,1-4H3,(H,17,18,21). The summed E-state index contributed by atoms with van der Waals surface area (Å²) in [5, 5.41) is 11.7. The van der Waals surface area contributed by atoms with E-state index in [1.54, 1.807) is 13.0 Å². The van der Waals surface area contributed by atoms with E-state index >= 15 is 0 Å². The van der Waals surface area contributed by atoms with Crippen LogP contribution in [0.3, 0.4) is 0 Å². The van der Waals surface area contributed by atoms with Crippen LogP contribution < -0.4 is 5.32 Å². The van der Waals surface area contributed by atoms with Crippen LogP contribution in [0.2, 0.25) is 0 Å². The summed E-state index contributed by atoms with van der Waals surface area (Å²) in [5.74, 6) is 0.281. The minimum absolute atomic E-state index is 0.248. The molecule has 0 aliphatic heterocycles.